The molecule has 4 aliphatic carbocycles. The van der Waals surface area contributed by atoms with E-state index in [1.165, 1.54) is 109 Å². The number of anilines is 2. The number of amides is 15. The van der Waals surface area contributed by atoms with Crippen molar-refractivity contribution in [2.24, 2.45) is 28.6 Å². The lowest BCUT2D eigenvalue weighted by atomic mass is 9.46. The maximum absolute atomic E-state index is 16.6. The van der Waals surface area contributed by atoms with E-state index < -0.39 is 218 Å². The number of aryl methyl sites for hydroxylation is 1. The number of allylic oxidation sites excluding steroid dienone is 4. The van der Waals surface area contributed by atoms with Crippen molar-refractivity contribution in [3.63, 3.8) is 0 Å². The van der Waals surface area contributed by atoms with Crippen molar-refractivity contribution in [3.05, 3.63) is 111 Å². The topological polar surface area (TPSA) is 447 Å². The second kappa shape index (κ2) is 41.5. The number of hydrogen-bond acceptors (Lipinski definition) is 24. The Morgan fingerprint density at radius 1 is 0.619 bits per heavy atom. The number of carbonyl (C=O) groups is 18. The van der Waals surface area contributed by atoms with Gasteiger partial charge in [0, 0.05) is 129 Å². The van der Waals surface area contributed by atoms with Crippen LogP contribution < -0.4 is 25.6 Å². The SMILES string of the molecule is CC(=O)CN(C)C(=O)CN(C)C(=O)CN(C)C(=O)CN(C)C(=O)CN(C)C(=O)CN(C)C(=O)CN(C)C(=O)CN(C)C(=O)CN(C)C(=O)CN(C)C(=O)CCCOc1c(CCC(=O)N[C@@H](C)C(=O)N[C@@H](C)C(=O)Nc2cccc(Cc3ccc([C@@H]4O[C@@H]5C[C@H]6[C@@H]7CCC8=CC(=O)C=C[C@]8(C)[C@H]7[C@@H](O)C[C@]6(C)[C@]5(C(=O)CO)O4)s3)c2)ccc(N2C(=O)C=CC2=O)c1F. The van der Waals surface area contributed by atoms with Gasteiger partial charge in [-0.3, -0.25) is 86.3 Å². The summed E-state index contributed by atoms with van der Waals surface area (Å²) in [6.07, 6.45) is 6.37. The van der Waals surface area contributed by atoms with Crippen molar-refractivity contribution in [1.29, 1.82) is 0 Å². The second-order valence-corrected chi connectivity index (χ2v) is 35.1. The second-order valence-electron chi connectivity index (χ2n) is 33.9. The zero-order chi connectivity index (χ0) is 93.0. The zero-order valence-corrected chi connectivity index (χ0v) is 74.5. The number of imide groups is 1. The largest absolute Gasteiger partial charge is 0.490 e. The first-order valence-corrected chi connectivity index (χ1v) is 42.1. The molecule has 4 fully saturated rings. The minimum atomic E-state index is -1.52. The number of Topliss-reactive ketones (excluding diaryl/α,β-unsaturated/α-hetero) is 2. The molecule has 3 aromatic rings. The van der Waals surface area contributed by atoms with E-state index in [2.05, 4.69) is 22.9 Å². The van der Waals surface area contributed by atoms with Crippen LogP contribution in [0.3, 0.4) is 0 Å². The molecule has 0 bridgehead atoms. The number of ether oxygens (including phenoxy) is 3. The van der Waals surface area contributed by atoms with E-state index in [0.717, 1.165) is 89.7 Å². The Hall–Kier alpha value is -11.8. The Labute approximate surface area is 733 Å². The van der Waals surface area contributed by atoms with Crippen LogP contribution in [-0.4, -0.2) is 344 Å². The number of nitrogens with one attached hydrogen (secondary N) is 3. The predicted octanol–water partition coefficient (Wildman–Crippen LogP) is 0.423. The molecule has 0 radical (unpaired) electrons. The van der Waals surface area contributed by atoms with Crippen LogP contribution >= 0.6 is 11.3 Å². The molecule has 1 saturated heterocycles. The van der Waals surface area contributed by atoms with Gasteiger partial charge in [0.2, 0.25) is 76.8 Å². The summed E-state index contributed by atoms with van der Waals surface area (Å²) in [6.45, 7) is 2.63. The van der Waals surface area contributed by atoms with Gasteiger partial charge in [0.25, 0.3) is 11.8 Å². The van der Waals surface area contributed by atoms with Crippen LogP contribution in [0, 0.1) is 34.4 Å². The summed E-state index contributed by atoms with van der Waals surface area (Å²) < 4.78 is 35.9. The minimum absolute atomic E-state index is 0.000386. The molecule has 2 aromatic carbocycles. The third-order valence-corrected chi connectivity index (χ3v) is 25.6. The quantitative estimate of drug-likeness (QED) is 0.0382. The highest BCUT2D eigenvalue weighted by atomic mass is 32.1. The summed E-state index contributed by atoms with van der Waals surface area (Å²) in [5.74, 6) is -12.6. The highest BCUT2D eigenvalue weighted by Crippen LogP contribution is 2.71. The first kappa shape index (κ1) is 98.0. The van der Waals surface area contributed by atoms with Gasteiger partial charge < -0.3 is 89.4 Å². The van der Waals surface area contributed by atoms with E-state index >= 15 is 4.39 Å². The van der Waals surface area contributed by atoms with E-state index in [4.69, 9.17) is 14.2 Å². The fraction of sp³-hybridized carbons (Fsp3) is 0.540. The fourth-order valence-corrected chi connectivity index (χ4v) is 18.2. The molecule has 15 amide bonds. The molecule has 5 N–H and O–H groups in total. The molecule has 126 heavy (non-hydrogen) atoms. The van der Waals surface area contributed by atoms with Crippen molar-refractivity contribution in [2.75, 3.05) is 159 Å². The number of halogens is 1. The third kappa shape index (κ3) is 22.7. The van der Waals surface area contributed by atoms with Crippen LogP contribution in [0.1, 0.15) is 107 Å². The average Bonchev–Trinajstić information content (AvgIpc) is 1.50. The van der Waals surface area contributed by atoms with Crippen molar-refractivity contribution in [1.82, 2.24) is 59.6 Å². The normalized spacial score (nSPS) is 21.7. The van der Waals surface area contributed by atoms with Crippen LogP contribution in [0.15, 0.2) is 84.5 Å². The van der Waals surface area contributed by atoms with Gasteiger partial charge in [-0.05, 0) is 125 Å². The first-order valence-electron chi connectivity index (χ1n) is 41.3. The Balaban J connectivity index is 0.676. The highest BCUT2D eigenvalue weighted by molar-refractivity contribution is 7.12. The van der Waals surface area contributed by atoms with E-state index in [1.54, 1.807) is 30.4 Å². The molecular weight excluding hydrogens is 1660 g/mol. The van der Waals surface area contributed by atoms with Gasteiger partial charge in [-0.1, -0.05) is 43.7 Å². The molecule has 9 rings (SSSR count). The van der Waals surface area contributed by atoms with Gasteiger partial charge in [0.15, 0.2) is 35.0 Å². The summed E-state index contributed by atoms with van der Waals surface area (Å²) in [7, 11) is 13.2. The lowest BCUT2D eigenvalue weighted by molar-refractivity contribution is -0.200. The third-order valence-electron chi connectivity index (χ3n) is 24.5. The standard InChI is InChI=1S/C87H113FN14O23S/c1-50(104)39-92(6)70(112)41-94(8)72(114)43-96(10)74(116)45-98(12)76(118)47-100(14)78(120)48-101(15)77(119)46-99(13)75(117)44-97(11)73(115)42-95(9)71(113)40-93(7)67(109)20-17-33-123-81-54(21-26-61(80(81)88)102-68(110)29-30-69(102)111)22-28-66(108)89-51(2)82(121)90-52(3)83(122)91-56-19-16-18-53(34-56)35-58-24-27-63(126-58)84-124-65-37-60-59-25-23-55-36-57(105)31-32-85(55,4)79(59)62(106)38-86(60,5)87(65,125-84)64(107)49-103/h16,18-19,21,24,26-27,29-32,34,36,51-52,59-60,62,65,79,84,103,106H,17,20,22-23,25,28,33,35,37-49H2,1-15H3,(H,89,108)(H,90,121)(H,91,122)/t51-,52-,59-,60-,62-,65+,79+,84+,85-,86-,87+/m0/s1. The van der Waals surface area contributed by atoms with Crippen LogP contribution in [0.25, 0.3) is 0 Å². The van der Waals surface area contributed by atoms with Gasteiger partial charge in [-0.25, -0.2) is 9.29 Å². The summed E-state index contributed by atoms with van der Waals surface area (Å²) in [4.78, 5) is 247. The average molecular weight is 1770 g/mol. The maximum atomic E-state index is 16.6. The number of ketones is 3. The molecule has 2 aliphatic heterocycles. The number of carbonyl (C=O) groups excluding carboxylic acids is 18. The van der Waals surface area contributed by atoms with Crippen molar-refractivity contribution < 1.29 is 115 Å². The zero-order valence-electron chi connectivity index (χ0n) is 73.6. The summed E-state index contributed by atoms with van der Waals surface area (Å²) in [5.41, 5.74) is -1.01. The van der Waals surface area contributed by atoms with Gasteiger partial charge in [0.1, 0.15) is 24.5 Å². The van der Waals surface area contributed by atoms with Crippen molar-refractivity contribution in [2.45, 2.75) is 129 Å². The van der Waals surface area contributed by atoms with Crippen LogP contribution in [-0.2, 0) is 109 Å². The summed E-state index contributed by atoms with van der Waals surface area (Å²) >= 11 is 1.42. The van der Waals surface area contributed by atoms with Gasteiger partial charge in [-0.15, -0.1) is 11.3 Å². The molecule has 0 unspecified atom stereocenters. The molecule has 37 nitrogen and oxygen atoms in total. The Kier molecular flexibility index (Phi) is 32.3. The predicted molar refractivity (Wildman–Crippen MR) is 452 cm³/mol. The van der Waals surface area contributed by atoms with E-state index in [0.29, 0.717) is 34.7 Å². The van der Waals surface area contributed by atoms with Gasteiger partial charge in [-0.2, -0.15) is 0 Å². The van der Waals surface area contributed by atoms with Crippen LogP contribution in [0.5, 0.6) is 5.75 Å². The number of fused-ring (bicyclic) bond motifs is 7. The van der Waals surface area contributed by atoms with E-state index in [1.807, 2.05) is 31.2 Å². The minimum Gasteiger partial charge on any atom is -0.490 e. The monoisotopic (exact) mass is 1770 g/mol. The van der Waals surface area contributed by atoms with E-state index in [9.17, 15) is 96.5 Å². The fourth-order valence-electron chi connectivity index (χ4n) is 17.1. The lowest BCUT2D eigenvalue weighted by Crippen LogP contribution is -2.63. The molecule has 11 atom stereocenters. The maximum Gasteiger partial charge on any atom is 0.258 e. The molecule has 39 heteroatoms. The lowest BCUT2D eigenvalue weighted by Gasteiger charge is -2.59. The highest BCUT2D eigenvalue weighted by Gasteiger charge is 2.76. The van der Waals surface area contributed by atoms with E-state index in [-0.39, 0.29) is 86.7 Å². The van der Waals surface area contributed by atoms with Crippen LogP contribution in [0.2, 0.25) is 0 Å². The first-order chi connectivity index (χ1) is 59.2. The molecule has 1 aromatic heterocycles. The summed E-state index contributed by atoms with van der Waals surface area (Å²) in [5, 5.41) is 30.6. The molecule has 682 valence electrons. The van der Waals surface area contributed by atoms with Crippen molar-refractivity contribution in [3.8, 4) is 5.75 Å². The van der Waals surface area contributed by atoms with Crippen molar-refractivity contribution >= 4 is 129 Å². The molecular formula is C87H113FN14O23S. The Morgan fingerprint density at radius 2 is 1.11 bits per heavy atom. The number of hydrogen-bond donors (Lipinski definition) is 5. The number of likely N-dealkylation sites (N-methyl/N-ethyl adjacent to an activating group) is 10. The molecule has 3 saturated carbocycles. The van der Waals surface area contributed by atoms with Gasteiger partial charge >= 0.3 is 0 Å². The smallest absolute Gasteiger partial charge is 0.258 e. The number of benzene rings is 2. The number of rotatable bonds is 39. The number of thiophene rings is 1. The molecule has 3 heterocycles. The number of nitrogens with zero attached hydrogens (tertiary/aromatic N) is 11. The van der Waals surface area contributed by atoms with Gasteiger partial charge in [0.05, 0.1) is 94.8 Å². The Bertz CT molecular complexity index is 4880. The van der Waals surface area contributed by atoms with Crippen LogP contribution in [0.4, 0.5) is 15.8 Å². The summed E-state index contributed by atoms with van der Waals surface area (Å²) in [6, 6.07) is 11.1. The molecule has 6 aliphatic rings. The number of aliphatic hydroxyl groups is 2. The Morgan fingerprint density at radius 3 is 1.61 bits per heavy atom. The molecule has 0 spiro atoms. The number of aliphatic hydroxyl groups excluding tert-OH is 2.